The zero-order valence-electron chi connectivity index (χ0n) is 14.1. The predicted octanol–water partition coefficient (Wildman–Crippen LogP) is 4.57. The second-order valence-electron chi connectivity index (χ2n) is 5.33. The fourth-order valence-corrected chi connectivity index (χ4v) is 2.77. The van der Waals surface area contributed by atoms with Crippen LogP contribution in [0.5, 0.6) is 0 Å². The largest absolute Gasteiger partial charge is 0.403 e. The lowest BCUT2D eigenvalue weighted by Crippen LogP contribution is -2.13. The molecule has 0 fully saturated rings. The SMILES string of the molecule is C=C(S/C=C\C)C(=O)Nc1ccccc1-c1nc2ccccc2c(=O)o1. The highest BCUT2D eigenvalue weighted by Crippen LogP contribution is 2.28. The first kappa shape index (κ1) is 17.7. The topological polar surface area (TPSA) is 72.2 Å². The summed E-state index contributed by atoms with van der Waals surface area (Å²) in [5, 5.41) is 4.98. The summed E-state index contributed by atoms with van der Waals surface area (Å²) in [4.78, 5) is 29.3. The van der Waals surface area contributed by atoms with Crippen LogP contribution in [0.1, 0.15) is 6.92 Å². The molecule has 0 saturated heterocycles. The van der Waals surface area contributed by atoms with E-state index >= 15 is 0 Å². The summed E-state index contributed by atoms with van der Waals surface area (Å²) in [6.07, 6.45) is 1.82. The zero-order chi connectivity index (χ0) is 18.5. The Kier molecular flexibility index (Phi) is 5.34. The van der Waals surface area contributed by atoms with Crippen molar-refractivity contribution in [2.75, 3.05) is 5.32 Å². The van der Waals surface area contributed by atoms with Gasteiger partial charge in [0.2, 0.25) is 5.89 Å². The molecule has 0 aliphatic carbocycles. The molecule has 0 aliphatic heterocycles. The lowest BCUT2D eigenvalue weighted by Gasteiger charge is -2.10. The molecule has 26 heavy (non-hydrogen) atoms. The van der Waals surface area contributed by atoms with Crippen LogP contribution < -0.4 is 10.9 Å². The van der Waals surface area contributed by atoms with Gasteiger partial charge in [-0.15, -0.1) is 0 Å². The number of aromatic nitrogens is 1. The number of hydrogen-bond donors (Lipinski definition) is 1. The number of amides is 1. The number of rotatable bonds is 5. The number of allylic oxidation sites excluding steroid dienone is 1. The van der Waals surface area contributed by atoms with E-state index < -0.39 is 5.63 Å². The summed E-state index contributed by atoms with van der Waals surface area (Å²) >= 11 is 1.23. The number of fused-ring (bicyclic) bond motifs is 1. The second kappa shape index (κ2) is 7.84. The Morgan fingerprint density at radius 3 is 2.73 bits per heavy atom. The summed E-state index contributed by atoms with van der Waals surface area (Å²) < 4.78 is 5.37. The Bertz CT molecular complexity index is 1070. The molecule has 0 spiro atoms. The smallest absolute Gasteiger partial charge is 0.347 e. The van der Waals surface area contributed by atoms with Crippen molar-refractivity contribution >= 4 is 34.3 Å². The summed E-state index contributed by atoms with van der Waals surface area (Å²) in [5.41, 5.74) is 1.07. The first-order valence-electron chi connectivity index (χ1n) is 7.87. The maximum atomic E-state index is 12.3. The van der Waals surface area contributed by atoms with Gasteiger partial charge >= 0.3 is 5.63 Å². The summed E-state index contributed by atoms with van der Waals surface area (Å²) in [6, 6.07) is 14.0. The standard InChI is InChI=1S/C20H16N2O3S/c1-3-12-26-13(2)18(23)21-16-10-6-4-8-14(16)19-22-17-11-7-5-9-15(17)20(24)25-19/h3-12H,2H2,1H3,(H,21,23)/b12-3-. The minimum atomic E-state index is -0.472. The minimum Gasteiger partial charge on any atom is -0.403 e. The molecule has 5 nitrogen and oxygen atoms in total. The lowest BCUT2D eigenvalue weighted by molar-refractivity contribution is -0.112. The molecule has 3 aromatic rings. The summed E-state index contributed by atoms with van der Waals surface area (Å²) in [5.74, 6) is -0.181. The van der Waals surface area contributed by atoms with E-state index in [1.54, 1.807) is 53.9 Å². The number of para-hydroxylation sites is 2. The Hall–Kier alpha value is -3.12. The average molecular weight is 364 g/mol. The zero-order valence-corrected chi connectivity index (χ0v) is 14.9. The molecule has 3 rings (SSSR count). The van der Waals surface area contributed by atoms with Crippen molar-refractivity contribution in [3.8, 4) is 11.5 Å². The van der Waals surface area contributed by atoms with Crippen LogP contribution in [0.25, 0.3) is 22.4 Å². The molecule has 6 heteroatoms. The van der Waals surface area contributed by atoms with Crippen LogP contribution >= 0.6 is 11.8 Å². The third kappa shape index (κ3) is 3.75. The molecule has 130 valence electrons. The maximum absolute atomic E-state index is 12.3. The van der Waals surface area contributed by atoms with E-state index in [0.717, 1.165) is 0 Å². The van der Waals surface area contributed by atoms with Crippen LogP contribution in [0, 0.1) is 0 Å². The van der Waals surface area contributed by atoms with E-state index in [1.165, 1.54) is 11.8 Å². The second-order valence-corrected chi connectivity index (χ2v) is 6.33. The average Bonchev–Trinajstić information content (AvgIpc) is 2.66. The van der Waals surface area contributed by atoms with E-state index in [4.69, 9.17) is 4.42 Å². The molecule has 0 bridgehead atoms. The van der Waals surface area contributed by atoms with E-state index in [0.29, 0.717) is 27.1 Å². The van der Waals surface area contributed by atoms with Crippen LogP contribution in [0.2, 0.25) is 0 Å². The van der Waals surface area contributed by atoms with Gasteiger partial charge < -0.3 is 9.73 Å². The number of benzene rings is 2. The van der Waals surface area contributed by atoms with Gasteiger partial charge in [0.1, 0.15) is 0 Å². The van der Waals surface area contributed by atoms with Crippen molar-refractivity contribution in [3.63, 3.8) is 0 Å². The first-order valence-corrected chi connectivity index (χ1v) is 8.75. The quantitative estimate of drug-likeness (QED) is 0.671. The fourth-order valence-electron chi connectivity index (χ4n) is 2.31. The fraction of sp³-hybridized carbons (Fsp3) is 0.0500. The molecule has 1 amide bonds. The number of hydrogen-bond acceptors (Lipinski definition) is 5. The molecule has 1 N–H and O–H groups in total. The number of nitrogens with zero attached hydrogens (tertiary/aromatic N) is 1. The van der Waals surface area contributed by atoms with Gasteiger partial charge in [-0.2, -0.15) is 0 Å². The van der Waals surface area contributed by atoms with Crippen LogP contribution in [-0.2, 0) is 4.79 Å². The number of carbonyl (C=O) groups is 1. The van der Waals surface area contributed by atoms with Crippen molar-refractivity contribution in [2.24, 2.45) is 0 Å². The molecular formula is C20H16N2O3S. The van der Waals surface area contributed by atoms with Crippen LogP contribution in [0.4, 0.5) is 5.69 Å². The van der Waals surface area contributed by atoms with Crippen molar-refractivity contribution in [2.45, 2.75) is 6.92 Å². The number of anilines is 1. The van der Waals surface area contributed by atoms with Crippen LogP contribution in [0.3, 0.4) is 0 Å². The lowest BCUT2D eigenvalue weighted by atomic mass is 10.1. The van der Waals surface area contributed by atoms with E-state index in [9.17, 15) is 9.59 Å². The van der Waals surface area contributed by atoms with Gasteiger partial charge in [0.15, 0.2) is 0 Å². The Morgan fingerprint density at radius 2 is 1.92 bits per heavy atom. The van der Waals surface area contributed by atoms with Gasteiger partial charge in [0, 0.05) is 0 Å². The Balaban J connectivity index is 1.99. The van der Waals surface area contributed by atoms with E-state index in [-0.39, 0.29) is 11.8 Å². The van der Waals surface area contributed by atoms with Crippen molar-refractivity contribution < 1.29 is 9.21 Å². The van der Waals surface area contributed by atoms with E-state index in [1.807, 2.05) is 13.0 Å². The van der Waals surface area contributed by atoms with Crippen LogP contribution in [0.15, 0.2) is 80.7 Å². The van der Waals surface area contributed by atoms with Crippen molar-refractivity contribution in [1.82, 2.24) is 4.98 Å². The first-order chi connectivity index (χ1) is 12.6. The predicted molar refractivity (Wildman–Crippen MR) is 106 cm³/mol. The van der Waals surface area contributed by atoms with Crippen LogP contribution in [-0.4, -0.2) is 10.9 Å². The Labute approximate surface area is 154 Å². The van der Waals surface area contributed by atoms with Gasteiger partial charge in [0.25, 0.3) is 5.91 Å². The highest BCUT2D eigenvalue weighted by atomic mass is 32.2. The molecule has 2 aromatic carbocycles. The molecule has 0 radical (unpaired) electrons. The third-order valence-corrected chi connectivity index (χ3v) is 4.42. The molecule has 1 aromatic heterocycles. The maximum Gasteiger partial charge on any atom is 0.347 e. The molecular weight excluding hydrogens is 348 g/mol. The number of nitrogens with one attached hydrogen (secondary N) is 1. The minimum absolute atomic E-state index is 0.149. The highest BCUT2D eigenvalue weighted by molar-refractivity contribution is 8.06. The third-order valence-electron chi connectivity index (χ3n) is 3.54. The van der Waals surface area contributed by atoms with Gasteiger partial charge in [-0.3, -0.25) is 4.79 Å². The van der Waals surface area contributed by atoms with Crippen molar-refractivity contribution in [1.29, 1.82) is 0 Å². The summed E-state index contributed by atoms with van der Waals surface area (Å²) in [7, 11) is 0. The molecule has 0 aliphatic rings. The normalized spacial score (nSPS) is 11.0. The Morgan fingerprint density at radius 1 is 1.19 bits per heavy atom. The molecule has 0 unspecified atom stereocenters. The molecule has 0 saturated carbocycles. The highest BCUT2D eigenvalue weighted by Gasteiger charge is 2.15. The molecule has 1 heterocycles. The van der Waals surface area contributed by atoms with Gasteiger partial charge in [-0.25, -0.2) is 9.78 Å². The summed E-state index contributed by atoms with van der Waals surface area (Å²) in [6.45, 7) is 5.62. The number of carbonyl (C=O) groups excluding carboxylic acids is 1. The van der Waals surface area contributed by atoms with E-state index in [2.05, 4.69) is 16.9 Å². The monoisotopic (exact) mass is 364 g/mol. The van der Waals surface area contributed by atoms with Crippen molar-refractivity contribution in [3.05, 3.63) is 81.9 Å². The van der Waals surface area contributed by atoms with Gasteiger partial charge in [-0.05, 0) is 36.6 Å². The van der Waals surface area contributed by atoms with Gasteiger partial charge in [-0.1, -0.05) is 48.7 Å². The molecule has 0 atom stereocenters. The number of thioether (sulfide) groups is 1. The van der Waals surface area contributed by atoms with Gasteiger partial charge in [0.05, 0.1) is 27.1 Å².